The van der Waals surface area contributed by atoms with Crippen molar-refractivity contribution in [3.63, 3.8) is 0 Å². The van der Waals surface area contributed by atoms with Crippen LogP contribution in [0.5, 0.6) is 0 Å². The van der Waals surface area contributed by atoms with Gasteiger partial charge in [-0.05, 0) is 36.6 Å². The van der Waals surface area contributed by atoms with Crippen LogP contribution in [0.3, 0.4) is 0 Å². The molecule has 0 saturated heterocycles. The molecule has 0 radical (unpaired) electrons. The van der Waals surface area contributed by atoms with E-state index in [4.69, 9.17) is 17.3 Å². The second kappa shape index (κ2) is 7.88. The lowest BCUT2D eigenvalue weighted by Gasteiger charge is -2.16. The summed E-state index contributed by atoms with van der Waals surface area (Å²) in [6, 6.07) is 6.04. The molecular weight excluding hydrogens is 246 g/mol. The van der Waals surface area contributed by atoms with Crippen LogP contribution in [0.1, 0.15) is 36.8 Å². The maximum absolute atomic E-state index is 5.98. The molecule has 0 aliphatic carbocycles. The van der Waals surface area contributed by atoms with Gasteiger partial charge in [0.05, 0.1) is 6.34 Å². The number of nitrogens with zero attached hydrogens (tertiary/aromatic N) is 2. The van der Waals surface area contributed by atoms with Gasteiger partial charge in [-0.2, -0.15) is 0 Å². The smallest absolute Gasteiger partial charge is 0.111 e. The molecule has 0 aliphatic rings. The monoisotopic (exact) mass is 265 g/mol. The number of aryl methyl sites for hydroxylation is 1. The van der Waals surface area contributed by atoms with Gasteiger partial charge in [-0.25, -0.2) is 4.99 Å². The van der Waals surface area contributed by atoms with E-state index in [-0.39, 0.29) is 0 Å². The molecule has 2 N–H and O–H groups in total. The van der Waals surface area contributed by atoms with Crippen molar-refractivity contribution in [3.05, 3.63) is 34.3 Å². The average molecular weight is 266 g/mol. The molecule has 4 heteroatoms. The van der Waals surface area contributed by atoms with Gasteiger partial charge in [-0.3, -0.25) is 4.99 Å². The Morgan fingerprint density at radius 3 is 2.83 bits per heavy atom. The lowest BCUT2D eigenvalue weighted by atomic mass is 9.91. The second-order valence-electron chi connectivity index (χ2n) is 4.27. The Morgan fingerprint density at radius 1 is 1.44 bits per heavy atom. The Labute approximate surface area is 114 Å². The fourth-order valence-corrected chi connectivity index (χ4v) is 2.28. The van der Waals surface area contributed by atoms with Crippen LogP contribution in [0.4, 0.5) is 0 Å². The molecule has 18 heavy (non-hydrogen) atoms. The molecule has 0 aromatic heterocycles. The minimum absolute atomic E-state index is 0.413. The van der Waals surface area contributed by atoms with Crippen LogP contribution in [-0.2, 0) is 0 Å². The summed E-state index contributed by atoms with van der Waals surface area (Å²) in [7, 11) is 0. The molecule has 0 fully saturated rings. The van der Waals surface area contributed by atoms with Gasteiger partial charge in [0.15, 0.2) is 0 Å². The van der Waals surface area contributed by atoms with Crippen molar-refractivity contribution in [2.24, 2.45) is 15.7 Å². The van der Waals surface area contributed by atoms with E-state index in [2.05, 4.69) is 29.9 Å². The highest BCUT2D eigenvalue weighted by molar-refractivity contribution is 6.30. The largest absolute Gasteiger partial charge is 0.390 e. The Kier molecular flexibility index (Phi) is 6.44. The first-order valence-electron chi connectivity index (χ1n) is 6.16. The molecule has 0 heterocycles. The highest BCUT2D eigenvalue weighted by Crippen LogP contribution is 2.26. The van der Waals surface area contributed by atoms with E-state index in [9.17, 15) is 0 Å². The van der Waals surface area contributed by atoms with Gasteiger partial charge in [0.1, 0.15) is 6.34 Å². The van der Waals surface area contributed by atoms with Crippen LogP contribution in [0.2, 0.25) is 5.02 Å². The summed E-state index contributed by atoms with van der Waals surface area (Å²) in [6.45, 7) is 5.00. The Hall–Kier alpha value is -1.35. The van der Waals surface area contributed by atoms with E-state index in [1.165, 1.54) is 23.8 Å². The molecule has 1 aromatic carbocycles. The number of halogens is 1. The highest BCUT2D eigenvalue weighted by Gasteiger charge is 2.12. The number of nitrogens with two attached hydrogens (primary N) is 1. The summed E-state index contributed by atoms with van der Waals surface area (Å²) in [5.41, 5.74) is 7.69. The maximum atomic E-state index is 5.98. The van der Waals surface area contributed by atoms with Crippen LogP contribution in [0, 0.1) is 6.92 Å². The molecule has 1 aromatic rings. The van der Waals surface area contributed by atoms with E-state index in [1.54, 1.807) is 0 Å². The molecule has 3 nitrogen and oxygen atoms in total. The minimum Gasteiger partial charge on any atom is -0.390 e. The van der Waals surface area contributed by atoms with Crippen LogP contribution < -0.4 is 5.73 Å². The third kappa shape index (κ3) is 4.49. The minimum atomic E-state index is 0.413. The summed E-state index contributed by atoms with van der Waals surface area (Å²) in [4.78, 5) is 8.06. The summed E-state index contributed by atoms with van der Waals surface area (Å²) in [5.74, 6) is 0.413. The van der Waals surface area contributed by atoms with Crippen LogP contribution in [-0.4, -0.2) is 19.2 Å². The van der Waals surface area contributed by atoms with Crippen molar-refractivity contribution in [2.75, 3.05) is 6.54 Å². The van der Waals surface area contributed by atoms with Gasteiger partial charge in [-0.15, -0.1) is 0 Å². The van der Waals surface area contributed by atoms with Crippen LogP contribution in [0.15, 0.2) is 28.2 Å². The quantitative estimate of drug-likeness (QED) is 0.621. The molecule has 0 spiro atoms. The van der Waals surface area contributed by atoms with Crippen molar-refractivity contribution in [1.82, 2.24) is 0 Å². The van der Waals surface area contributed by atoms with Gasteiger partial charge in [0.25, 0.3) is 0 Å². The first-order chi connectivity index (χ1) is 8.69. The SMILES string of the molecule is CCCC(CN=CN=CN)c1ccc(Cl)cc1C. The zero-order valence-corrected chi connectivity index (χ0v) is 11.7. The predicted octanol–water partition coefficient (Wildman–Crippen LogP) is 3.55. The summed E-state index contributed by atoms with van der Waals surface area (Å²) < 4.78 is 0. The molecule has 0 aliphatic heterocycles. The third-order valence-corrected chi connectivity index (χ3v) is 3.10. The van der Waals surface area contributed by atoms with Gasteiger partial charge >= 0.3 is 0 Å². The fraction of sp³-hybridized carbons (Fsp3) is 0.429. The molecule has 0 saturated carbocycles. The standard InChI is InChI=1S/C14H20ClN3/c1-3-4-12(8-17-10-18-9-16)14-6-5-13(15)7-11(14)2/h5-7,9-10,12H,3-4,8H2,1-2H3,(H2,16,17,18). The van der Waals surface area contributed by atoms with Crippen molar-refractivity contribution in [1.29, 1.82) is 0 Å². The van der Waals surface area contributed by atoms with Crippen molar-refractivity contribution in [3.8, 4) is 0 Å². The zero-order valence-electron chi connectivity index (χ0n) is 10.9. The van der Waals surface area contributed by atoms with Gasteiger partial charge in [-0.1, -0.05) is 31.0 Å². The highest BCUT2D eigenvalue weighted by atomic mass is 35.5. The molecule has 1 rings (SSSR count). The molecule has 1 unspecified atom stereocenters. The van der Waals surface area contributed by atoms with Crippen molar-refractivity contribution in [2.45, 2.75) is 32.6 Å². The molecule has 98 valence electrons. The third-order valence-electron chi connectivity index (χ3n) is 2.87. The van der Waals surface area contributed by atoms with E-state index < -0.39 is 0 Å². The number of aliphatic imine (C=N–C) groups is 2. The average Bonchev–Trinajstić information content (AvgIpc) is 2.34. The lowest BCUT2D eigenvalue weighted by Crippen LogP contribution is -2.05. The second-order valence-corrected chi connectivity index (χ2v) is 4.70. The molecule has 1 atom stereocenters. The van der Waals surface area contributed by atoms with Crippen molar-refractivity contribution < 1.29 is 0 Å². The van der Waals surface area contributed by atoms with Gasteiger partial charge < -0.3 is 5.73 Å². The van der Waals surface area contributed by atoms with Gasteiger partial charge in [0.2, 0.25) is 0 Å². The first-order valence-corrected chi connectivity index (χ1v) is 6.54. The number of hydrogen-bond donors (Lipinski definition) is 1. The predicted molar refractivity (Wildman–Crippen MR) is 79.9 cm³/mol. The summed E-state index contributed by atoms with van der Waals surface area (Å²) in [6.07, 6.45) is 4.98. The topological polar surface area (TPSA) is 50.7 Å². The molecule has 0 amide bonds. The van der Waals surface area contributed by atoms with Crippen LogP contribution >= 0.6 is 11.6 Å². The Balaban J connectivity index is 2.83. The fourth-order valence-electron chi connectivity index (χ4n) is 2.05. The zero-order chi connectivity index (χ0) is 13.4. The summed E-state index contributed by atoms with van der Waals surface area (Å²) in [5, 5.41) is 0.780. The number of rotatable bonds is 6. The number of benzene rings is 1. The van der Waals surface area contributed by atoms with Crippen LogP contribution in [0.25, 0.3) is 0 Å². The maximum Gasteiger partial charge on any atom is 0.111 e. The van der Waals surface area contributed by atoms with E-state index in [0.29, 0.717) is 5.92 Å². The van der Waals surface area contributed by atoms with Crippen molar-refractivity contribution >= 4 is 24.3 Å². The molecular formula is C14H20ClN3. The van der Waals surface area contributed by atoms with E-state index in [0.717, 1.165) is 24.4 Å². The van der Waals surface area contributed by atoms with E-state index in [1.807, 2.05) is 12.1 Å². The Morgan fingerprint density at radius 2 is 2.22 bits per heavy atom. The lowest BCUT2D eigenvalue weighted by molar-refractivity contribution is 0.621. The summed E-state index contributed by atoms with van der Waals surface area (Å²) >= 11 is 5.98. The van der Waals surface area contributed by atoms with Gasteiger partial charge in [0, 0.05) is 17.5 Å². The Bertz CT molecular complexity index is 427. The first kappa shape index (κ1) is 14.7. The number of hydrogen-bond acceptors (Lipinski definition) is 1. The van der Waals surface area contributed by atoms with E-state index >= 15 is 0 Å². The molecule has 0 bridgehead atoms. The normalized spacial score (nSPS) is 13.5.